The minimum atomic E-state index is -0.0272. The second kappa shape index (κ2) is 3.57. The van der Waals surface area contributed by atoms with Crippen molar-refractivity contribution < 1.29 is 14.3 Å². The molecule has 0 spiro atoms. The predicted molar refractivity (Wildman–Crippen MR) is 48.6 cm³/mol. The van der Waals surface area contributed by atoms with E-state index in [1.54, 1.807) is 9.80 Å². The van der Waals surface area contributed by atoms with Crippen LogP contribution in [0.1, 0.15) is 6.92 Å². The van der Waals surface area contributed by atoms with Crippen LogP contribution in [0.15, 0.2) is 0 Å². The highest BCUT2D eigenvalue weighted by atomic mass is 16.6. The van der Waals surface area contributed by atoms with E-state index in [4.69, 9.17) is 4.74 Å². The fraction of sp³-hybridized carbons (Fsp3) is 0.778. The molecule has 0 aromatic heterocycles. The summed E-state index contributed by atoms with van der Waals surface area (Å²) in [4.78, 5) is 25.9. The highest BCUT2D eigenvalue weighted by Crippen LogP contribution is 2.13. The Bertz CT molecular complexity index is 263. The first kappa shape index (κ1) is 9.45. The molecule has 1 atom stereocenters. The van der Waals surface area contributed by atoms with Crippen molar-refractivity contribution in [2.45, 2.75) is 13.0 Å². The van der Waals surface area contributed by atoms with Gasteiger partial charge in [-0.05, 0) is 0 Å². The van der Waals surface area contributed by atoms with Crippen molar-refractivity contribution in [3.63, 3.8) is 0 Å². The quantitative estimate of drug-likeness (QED) is 0.539. The fourth-order valence-electron chi connectivity index (χ4n) is 1.59. The molecule has 1 unspecified atom stereocenters. The summed E-state index contributed by atoms with van der Waals surface area (Å²) in [5.41, 5.74) is 0. The molecule has 5 heteroatoms. The Morgan fingerprint density at radius 3 is 2.79 bits per heavy atom. The first-order valence-electron chi connectivity index (χ1n) is 4.81. The van der Waals surface area contributed by atoms with Gasteiger partial charge in [-0.1, -0.05) is 0 Å². The van der Waals surface area contributed by atoms with Gasteiger partial charge in [0.25, 0.3) is 0 Å². The van der Waals surface area contributed by atoms with Gasteiger partial charge in [0.15, 0.2) is 0 Å². The molecule has 0 radical (unpaired) electrons. The molecule has 78 valence electrons. The molecule has 0 saturated carbocycles. The third-order valence-electron chi connectivity index (χ3n) is 2.59. The zero-order valence-electron chi connectivity index (χ0n) is 8.23. The average Bonchev–Trinajstić information content (AvgIpc) is 2.92. The van der Waals surface area contributed by atoms with E-state index in [1.165, 1.54) is 6.92 Å². The number of amides is 2. The molecule has 2 amide bonds. The van der Waals surface area contributed by atoms with Crippen molar-refractivity contribution in [2.75, 3.05) is 32.8 Å². The minimum Gasteiger partial charge on any atom is -0.371 e. The van der Waals surface area contributed by atoms with Crippen LogP contribution in [0.3, 0.4) is 0 Å². The first-order chi connectivity index (χ1) is 6.66. The number of piperazine rings is 1. The summed E-state index contributed by atoms with van der Waals surface area (Å²) in [7, 11) is 0. The van der Waals surface area contributed by atoms with E-state index in [-0.39, 0.29) is 24.5 Å². The van der Waals surface area contributed by atoms with Crippen molar-refractivity contribution in [3.05, 3.63) is 0 Å². The average molecular weight is 198 g/mol. The van der Waals surface area contributed by atoms with Gasteiger partial charge < -0.3 is 14.5 Å². The molecule has 2 rings (SSSR count). The summed E-state index contributed by atoms with van der Waals surface area (Å²) in [6.07, 6.45) is 0.239. The van der Waals surface area contributed by atoms with Crippen molar-refractivity contribution in [1.82, 2.24) is 9.80 Å². The summed E-state index contributed by atoms with van der Waals surface area (Å²) in [6, 6.07) is 0. The maximum atomic E-state index is 11.5. The van der Waals surface area contributed by atoms with Crippen LogP contribution in [0.4, 0.5) is 0 Å². The second-order valence-corrected chi connectivity index (χ2v) is 3.74. The van der Waals surface area contributed by atoms with Crippen LogP contribution in [0.2, 0.25) is 0 Å². The topological polar surface area (TPSA) is 53.2 Å². The largest absolute Gasteiger partial charge is 0.371 e. The third-order valence-corrected chi connectivity index (χ3v) is 2.59. The van der Waals surface area contributed by atoms with Crippen LogP contribution in [0.5, 0.6) is 0 Å². The summed E-state index contributed by atoms with van der Waals surface area (Å²) in [5.74, 6) is 0.00243. The number of rotatable bonds is 2. The molecule has 0 aliphatic carbocycles. The Balaban J connectivity index is 1.86. The Labute approximate surface area is 82.6 Å². The summed E-state index contributed by atoms with van der Waals surface area (Å²) < 4.78 is 5.06. The molecule has 2 aliphatic heterocycles. The maximum Gasteiger partial charge on any atom is 0.242 e. The highest BCUT2D eigenvalue weighted by Gasteiger charge is 2.31. The van der Waals surface area contributed by atoms with Gasteiger partial charge >= 0.3 is 0 Å². The minimum absolute atomic E-state index is 0.0272. The molecule has 5 nitrogen and oxygen atoms in total. The maximum absolute atomic E-state index is 11.5. The van der Waals surface area contributed by atoms with E-state index < -0.39 is 0 Å². The Kier molecular flexibility index (Phi) is 2.41. The normalized spacial score (nSPS) is 26.6. The van der Waals surface area contributed by atoms with Gasteiger partial charge in [0.2, 0.25) is 11.8 Å². The smallest absolute Gasteiger partial charge is 0.242 e. The molecule has 2 heterocycles. The van der Waals surface area contributed by atoms with Crippen molar-refractivity contribution in [1.29, 1.82) is 0 Å². The lowest BCUT2D eigenvalue weighted by atomic mass is 10.3. The molecule has 14 heavy (non-hydrogen) atoms. The van der Waals surface area contributed by atoms with Gasteiger partial charge in [0.05, 0.1) is 19.3 Å². The van der Waals surface area contributed by atoms with Crippen molar-refractivity contribution in [2.24, 2.45) is 0 Å². The van der Waals surface area contributed by atoms with Gasteiger partial charge in [-0.3, -0.25) is 9.59 Å². The Morgan fingerprint density at radius 2 is 2.29 bits per heavy atom. The molecule has 2 aliphatic rings. The fourth-order valence-corrected chi connectivity index (χ4v) is 1.59. The van der Waals surface area contributed by atoms with Crippen LogP contribution in [0, 0.1) is 0 Å². The molecular weight excluding hydrogens is 184 g/mol. The number of carbonyl (C=O) groups is 2. The van der Waals surface area contributed by atoms with Gasteiger partial charge in [-0.15, -0.1) is 0 Å². The van der Waals surface area contributed by atoms with Gasteiger partial charge in [0, 0.05) is 26.6 Å². The van der Waals surface area contributed by atoms with Crippen molar-refractivity contribution >= 4 is 11.8 Å². The van der Waals surface area contributed by atoms with E-state index >= 15 is 0 Å². The van der Waals surface area contributed by atoms with Crippen LogP contribution < -0.4 is 0 Å². The lowest BCUT2D eigenvalue weighted by molar-refractivity contribution is -0.144. The number of epoxide rings is 1. The van der Waals surface area contributed by atoms with Gasteiger partial charge in [0.1, 0.15) is 0 Å². The molecule has 2 fully saturated rings. The van der Waals surface area contributed by atoms with Crippen LogP contribution in [0.25, 0.3) is 0 Å². The summed E-state index contributed by atoms with van der Waals surface area (Å²) in [5, 5.41) is 0. The summed E-state index contributed by atoms with van der Waals surface area (Å²) in [6.45, 7) is 4.45. The number of hydrogen-bond acceptors (Lipinski definition) is 3. The second-order valence-electron chi connectivity index (χ2n) is 3.74. The summed E-state index contributed by atoms with van der Waals surface area (Å²) >= 11 is 0. The molecular formula is C9H14N2O3. The lowest BCUT2D eigenvalue weighted by Crippen LogP contribution is -2.52. The lowest BCUT2D eigenvalue weighted by Gasteiger charge is -2.33. The van der Waals surface area contributed by atoms with E-state index in [0.29, 0.717) is 19.6 Å². The van der Waals surface area contributed by atoms with Gasteiger partial charge in [-0.25, -0.2) is 0 Å². The zero-order valence-corrected chi connectivity index (χ0v) is 8.23. The SMILES string of the molecule is CC(=O)N1CCN(CC2CO2)C(=O)C1. The van der Waals surface area contributed by atoms with E-state index in [9.17, 15) is 9.59 Å². The van der Waals surface area contributed by atoms with Crippen molar-refractivity contribution in [3.8, 4) is 0 Å². The molecule has 0 N–H and O–H groups in total. The van der Waals surface area contributed by atoms with Gasteiger partial charge in [-0.2, -0.15) is 0 Å². The number of ether oxygens (including phenoxy) is 1. The van der Waals surface area contributed by atoms with E-state index in [0.717, 1.165) is 6.61 Å². The molecule has 2 saturated heterocycles. The first-order valence-corrected chi connectivity index (χ1v) is 4.81. The molecule has 0 aromatic rings. The Morgan fingerprint density at radius 1 is 1.57 bits per heavy atom. The van der Waals surface area contributed by atoms with Crippen LogP contribution in [-0.2, 0) is 14.3 Å². The standard InChI is InChI=1S/C9H14N2O3/c1-7(12)10-2-3-11(9(13)5-10)4-8-6-14-8/h8H,2-6H2,1H3. The van der Waals surface area contributed by atoms with E-state index in [2.05, 4.69) is 0 Å². The number of hydrogen-bond donors (Lipinski definition) is 0. The molecule has 0 bridgehead atoms. The number of carbonyl (C=O) groups excluding carboxylic acids is 2. The van der Waals surface area contributed by atoms with Crippen LogP contribution >= 0.6 is 0 Å². The monoisotopic (exact) mass is 198 g/mol. The number of nitrogens with zero attached hydrogens (tertiary/aromatic N) is 2. The molecule has 0 aromatic carbocycles. The van der Waals surface area contributed by atoms with Crippen LogP contribution in [-0.4, -0.2) is 60.5 Å². The zero-order chi connectivity index (χ0) is 10.1. The highest BCUT2D eigenvalue weighted by molar-refractivity contribution is 5.85. The Hall–Kier alpha value is -1.10. The third kappa shape index (κ3) is 2.04. The van der Waals surface area contributed by atoms with E-state index in [1.807, 2.05) is 0 Å². The predicted octanol–water partition coefficient (Wildman–Crippen LogP) is -0.924.